The van der Waals surface area contributed by atoms with E-state index in [9.17, 15) is 0 Å². The lowest BCUT2D eigenvalue weighted by molar-refractivity contribution is 0.249. The van der Waals surface area contributed by atoms with Crippen LogP contribution in [0.3, 0.4) is 0 Å². The Kier molecular flexibility index (Phi) is 16.8. The normalized spacial score (nSPS) is 10.5. The van der Waals surface area contributed by atoms with E-state index in [1.54, 1.807) is 30.9 Å². The van der Waals surface area contributed by atoms with E-state index in [0.717, 1.165) is 35.7 Å². The molecule has 0 saturated heterocycles. The van der Waals surface area contributed by atoms with Crippen molar-refractivity contribution >= 4 is 29.4 Å². The number of nitrogens with zero attached hydrogens (tertiary/aromatic N) is 11. The highest BCUT2D eigenvalue weighted by Crippen LogP contribution is 2.23. The number of hydrogen-bond donors (Lipinski definition) is 6. The molecule has 292 valence electrons. The van der Waals surface area contributed by atoms with Crippen LogP contribution in [0, 0.1) is 0 Å². The van der Waals surface area contributed by atoms with Gasteiger partial charge < -0.3 is 41.1 Å². The quantitative estimate of drug-likeness (QED) is 0.0575. The van der Waals surface area contributed by atoms with Gasteiger partial charge in [-0.25, -0.2) is 39.9 Å². The van der Waals surface area contributed by atoms with Crippen LogP contribution in [0.5, 0.6) is 5.88 Å². The Labute approximate surface area is 325 Å². The highest BCUT2D eigenvalue weighted by molar-refractivity contribution is 5.70. The summed E-state index contributed by atoms with van der Waals surface area (Å²) in [5.41, 5.74) is 1.58. The van der Waals surface area contributed by atoms with Crippen molar-refractivity contribution in [2.45, 2.75) is 19.3 Å². The summed E-state index contributed by atoms with van der Waals surface area (Å²) in [4.78, 5) is 44.9. The molecule has 0 unspecified atom stereocenters. The average Bonchev–Trinajstić information content (AvgIpc) is 3.25. The van der Waals surface area contributed by atoms with Crippen molar-refractivity contribution in [1.82, 2.24) is 49.8 Å². The smallest absolute Gasteiger partial charge is 0.226 e. The molecule has 0 spiro atoms. The van der Waals surface area contributed by atoms with Gasteiger partial charge in [0.1, 0.15) is 30.1 Å². The van der Waals surface area contributed by atoms with Crippen LogP contribution in [0.1, 0.15) is 19.3 Å². The van der Waals surface area contributed by atoms with Crippen molar-refractivity contribution in [2.75, 3.05) is 85.8 Å². The highest BCUT2D eigenvalue weighted by atomic mass is 16.5. The molecule has 6 heterocycles. The molecule has 18 nitrogen and oxygen atoms in total. The second-order valence-electron chi connectivity index (χ2n) is 11.9. The monoisotopic (exact) mass is 761 g/mol. The number of likely N-dealkylation sites (N-methyl/N-ethyl adjacent to an activating group) is 1. The van der Waals surface area contributed by atoms with E-state index >= 15 is 0 Å². The molecule has 6 aromatic heterocycles. The minimum Gasteiger partial charge on any atom is -0.478 e. The highest BCUT2D eigenvalue weighted by Gasteiger charge is 2.11. The van der Waals surface area contributed by atoms with Crippen LogP contribution in [0.2, 0.25) is 0 Å². The third kappa shape index (κ3) is 13.6. The Morgan fingerprint density at radius 3 is 2.11 bits per heavy atom. The predicted molar refractivity (Wildman–Crippen MR) is 215 cm³/mol. The van der Waals surface area contributed by atoms with Gasteiger partial charge in [-0.3, -0.25) is 0 Å². The number of pyridine rings is 4. The molecule has 0 atom stereocenters. The lowest BCUT2D eigenvalue weighted by Gasteiger charge is -2.18. The number of hydrogen-bond acceptors (Lipinski definition) is 18. The van der Waals surface area contributed by atoms with Gasteiger partial charge >= 0.3 is 0 Å². The number of anilines is 5. The van der Waals surface area contributed by atoms with Crippen LogP contribution in [0.15, 0.2) is 98.1 Å². The molecule has 18 heteroatoms. The summed E-state index contributed by atoms with van der Waals surface area (Å²) in [6.07, 6.45) is 12.0. The maximum atomic E-state index is 8.95. The van der Waals surface area contributed by atoms with Crippen molar-refractivity contribution in [2.24, 2.45) is 0 Å². The summed E-state index contributed by atoms with van der Waals surface area (Å²) >= 11 is 0. The van der Waals surface area contributed by atoms with E-state index in [2.05, 4.69) is 76.0 Å². The van der Waals surface area contributed by atoms with Gasteiger partial charge in [-0.05, 0) is 61.7 Å². The molecule has 0 aliphatic carbocycles. The Hall–Kier alpha value is -6.66. The second-order valence-corrected chi connectivity index (χ2v) is 11.9. The Morgan fingerprint density at radius 1 is 0.607 bits per heavy atom. The van der Waals surface area contributed by atoms with E-state index < -0.39 is 0 Å². The molecular weight excluding hydrogens is 715 g/mol. The number of aliphatic hydroxyl groups is 2. The SMILES string of the molecule is CN(CCNc1ncnc(-c2cccnc2NCCCO)n1)c1ccccn1.OCCCCOc1cc(-c2ncnc(NCCNc3ccccn3)n2)ccn1. The molecule has 0 saturated carbocycles. The van der Waals surface area contributed by atoms with Crippen LogP contribution in [0.25, 0.3) is 22.8 Å². The largest absolute Gasteiger partial charge is 0.478 e. The Bertz CT molecular complexity index is 2000. The fourth-order valence-electron chi connectivity index (χ4n) is 4.92. The third-order valence-corrected chi connectivity index (χ3v) is 7.76. The van der Waals surface area contributed by atoms with E-state index in [0.29, 0.717) is 80.9 Å². The van der Waals surface area contributed by atoms with Gasteiger partial charge in [-0.1, -0.05) is 12.1 Å². The maximum absolute atomic E-state index is 8.95. The second kappa shape index (κ2) is 23.2. The lowest BCUT2D eigenvalue weighted by atomic mass is 10.2. The van der Waals surface area contributed by atoms with Gasteiger partial charge in [0.25, 0.3) is 0 Å². The van der Waals surface area contributed by atoms with Gasteiger partial charge in [0.15, 0.2) is 11.6 Å². The summed E-state index contributed by atoms with van der Waals surface area (Å²) in [7, 11) is 1.99. The van der Waals surface area contributed by atoms with Crippen molar-refractivity contribution in [3.63, 3.8) is 0 Å². The van der Waals surface area contributed by atoms with Gasteiger partial charge in [0.2, 0.25) is 17.8 Å². The molecule has 56 heavy (non-hydrogen) atoms. The molecule has 6 rings (SSSR count). The van der Waals surface area contributed by atoms with Crippen molar-refractivity contribution in [1.29, 1.82) is 0 Å². The van der Waals surface area contributed by atoms with Crippen LogP contribution in [-0.2, 0) is 0 Å². The van der Waals surface area contributed by atoms with Crippen molar-refractivity contribution in [3.05, 3.63) is 98.1 Å². The van der Waals surface area contributed by atoms with Gasteiger partial charge in [0.05, 0.1) is 12.2 Å². The van der Waals surface area contributed by atoms with Gasteiger partial charge in [-0.2, -0.15) is 9.97 Å². The van der Waals surface area contributed by atoms with Gasteiger partial charge in [0, 0.05) is 89.4 Å². The first-order chi connectivity index (χ1) is 27.6. The maximum Gasteiger partial charge on any atom is 0.226 e. The minimum atomic E-state index is 0.127. The zero-order valence-corrected chi connectivity index (χ0v) is 31.2. The van der Waals surface area contributed by atoms with E-state index in [1.165, 1.54) is 12.7 Å². The van der Waals surface area contributed by atoms with Gasteiger partial charge in [-0.15, -0.1) is 0 Å². The lowest BCUT2D eigenvalue weighted by Crippen LogP contribution is -2.26. The molecular formula is C38H47N15O3. The first-order valence-electron chi connectivity index (χ1n) is 18.3. The molecule has 0 bridgehead atoms. The standard InChI is InChI=1S/C19H24N8O.C19H23N7O2/c1-27(16-7-2-3-8-20-16)12-11-23-19-25-14-24-18(26-19)15-6-4-9-21-17(15)22-10-5-13-28;27-11-3-4-12-28-17-13-15(6-8-22-17)18-24-14-25-19(26-18)23-10-9-21-16-5-1-2-7-20-16/h2-4,6-9,14,28H,5,10-13H2,1H3,(H,21,22)(H,23,24,25,26);1-2,5-8,13-14,27H,3-4,9-12H2,(H,20,21)(H,23,24,25,26). The summed E-state index contributed by atoms with van der Waals surface area (Å²) in [5.74, 6) is 5.00. The zero-order valence-electron chi connectivity index (χ0n) is 31.2. The molecule has 0 aliphatic heterocycles. The number of aliphatic hydroxyl groups excluding tert-OH is 2. The number of nitrogens with one attached hydrogen (secondary N) is 4. The van der Waals surface area contributed by atoms with Crippen LogP contribution < -0.4 is 30.9 Å². The Morgan fingerprint density at radius 2 is 1.34 bits per heavy atom. The summed E-state index contributed by atoms with van der Waals surface area (Å²) in [6, 6.07) is 18.9. The van der Waals surface area contributed by atoms with Crippen LogP contribution in [-0.4, -0.2) is 120 Å². The van der Waals surface area contributed by atoms with Crippen molar-refractivity contribution < 1.29 is 14.9 Å². The summed E-state index contributed by atoms with van der Waals surface area (Å²) in [5, 5.41) is 30.6. The Balaban J connectivity index is 0.000000214. The van der Waals surface area contributed by atoms with Crippen LogP contribution in [0.4, 0.5) is 29.4 Å². The average molecular weight is 762 g/mol. The van der Waals surface area contributed by atoms with Crippen molar-refractivity contribution in [3.8, 4) is 28.7 Å². The number of ether oxygens (including phenoxy) is 1. The summed E-state index contributed by atoms with van der Waals surface area (Å²) in [6.45, 7) is 4.14. The third-order valence-electron chi connectivity index (χ3n) is 7.76. The fraction of sp³-hybridized carbons (Fsp3) is 0.316. The van der Waals surface area contributed by atoms with E-state index in [1.807, 2.05) is 61.6 Å². The first kappa shape index (κ1) is 40.5. The fourth-order valence-corrected chi connectivity index (χ4v) is 4.92. The topological polar surface area (TPSA) is 230 Å². The molecule has 0 amide bonds. The minimum absolute atomic E-state index is 0.127. The molecule has 0 aromatic carbocycles. The molecule has 0 fully saturated rings. The predicted octanol–water partition coefficient (Wildman–Crippen LogP) is 3.68. The zero-order chi connectivity index (χ0) is 39.0. The first-order valence-corrected chi connectivity index (χ1v) is 18.3. The molecule has 0 radical (unpaired) electrons. The number of aromatic nitrogens is 10. The van der Waals surface area contributed by atoms with E-state index in [-0.39, 0.29) is 13.2 Å². The number of rotatable bonds is 21. The van der Waals surface area contributed by atoms with E-state index in [4.69, 9.17) is 14.9 Å². The molecule has 6 N–H and O–H groups in total. The summed E-state index contributed by atoms with van der Waals surface area (Å²) < 4.78 is 5.60. The molecule has 6 aromatic rings. The van der Waals surface area contributed by atoms with Crippen LogP contribution >= 0.6 is 0 Å². The number of unbranched alkanes of at least 4 members (excludes halogenated alkanes) is 1. The molecule has 0 aliphatic rings.